The largest absolute Gasteiger partial charge is 0.457 e. The van der Waals surface area contributed by atoms with Crippen molar-refractivity contribution in [3.05, 3.63) is 41.9 Å². The molecule has 0 aliphatic heterocycles. The highest BCUT2D eigenvalue weighted by Crippen LogP contribution is 2.34. The molecule has 1 fully saturated rings. The van der Waals surface area contributed by atoms with Crippen molar-refractivity contribution in [3.8, 4) is 11.3 Å². The lowest BCUT2D eigenvalue weighted by atomic mass is 9.95. The standard InChI is InChI=1S/C16H14F3NO5S/c1-26(22,23)12-6-11(7-12)25-15(21)13-14(24-8-20-13)9-3-2-4-10(5-9)16(17,18)19/h2-5,8,11-12H,6-7H2,1H3. The van der Waals surface area contributed by atoms with Gasteiger partial charge in [0.15, 0.2) is 27.7 Å². The molecule has 0 atom stereocenters. The molecular formula is C16H14F3NO5S. The molecule has 0 amide bonds. The summed E-state index contributed by atoms with van der Waals surface area (Å²) in [6.07, 6.45) is -2.70. The van der Waals surface area contributed by atoms with Crippen molar-refractivity contribution in [1.82, 2.24) is 4.98 Å². The molecule has 1 saturated carbocycles. The number of rotatable bonds is 4. The molecular weight excluding hydrogens is 375 g/mol. The Morgan fingerprint density at radius 2 is 2.00 bits per heavy atom. The first-order chi connectivity index (χ1) is 12.1. The molecule has 10 heteroatoms. The molecule has 0 saturated heterocycles. The Morgan fingerprint density at radius 1 is 1.31 bits per heavy atom. The van der Waals surface area contributed by atoms with E-state index in [1.54, 1.807) is 0 Å². The fraction of sp³-hybridized carbons (Fsp3) is 0.375. The lowest BCUT2D eigenvalue weighted by molar-refractivity contribution is -0.137. The number of benzene rings is 1. The monoisotopic (exact) mass is 389 g/mol. The van der Waals surface area contributed by atoms with E-state index in [2.05, 4.69) is 4.98 Å². The zero-order valence-corrected chi connectivity index (χ0v) is 14.3. The Morgan fingerprint density at radius 3 is 2.62 bits per heavy atom. The van der Waals surface area contributed by atoms with E-state index in [9.17, 15) is 26.4 Å². The Labute approximate surface area is 146 Å². The lowest BCUT2D eigenvalue weighted by Crippen LogP contribution is -2.41. The second-order valence-electron chi connectivity index (χ2n) is 6.06. The number of halogens is 3. The molecule has 2 aromatic rings. The summed E-state index contributed by atoms with van der Waals surface area (Å²) in [6, 6.07) is 4.30. The number of oxazole rings is 1. The number of carbonyl (C=O) groups excluding carboxylic acids is 1. The average Bonchev–Trinajstić information content (AvgIpc) is 2.98. The molecule has 140 valence electrons. The molecule has 1 heterocycles. The molecule has 26 heavy (non-hydrogen) atoms. The second kappa shape index (κ2) is 6.42. The van der Waals surface area contributed by atoms with Crippen LogP contribution in [0.4, 0.5) is 13.2 Å². The number of carbonyl (C=O) groups is 1. The van der Waals surface area contributed by atoms with Crippen LogP contribution in [0.3, 0.4) is 0 Å². The average molecular weight is 389 g/mol. The van der Waals surface area contributed by atoms with Crippen molar-refractivity contribution in [2.75, 3.05) is 6.26 Å². The predicted molar refractivity (Wildman–Crippen MR) is 84.0 cm³/mol. The topological polar surface area (TPSA) is 86.5 Å². The van der Waals surface area contributed by atoms with Gasteiger partial charge in [0, 0.05) is 24.7 Å². The van der Waals surface area contributed by atoms with E-state index in [-0.39, 0.29) is 29.9 Å². The maximum atomic E-state index is 12.8. The summed E-state index contributed by atoms with van der Waals surface area (Å²) in [4.78, 5) is 15.9. The van der Waals surface area contributed by atoms with Gasteiger partial charge in [-0.15, -0.1) is 0 Å². The summed E-state index contributed by atoms with van der Waals surface area (Å²) in [6.45, 7) is 0. The minimum atomic E-state index is -4.54. The van der Waals surface area contributed by atoms with Crippen molar-refractivity contribution in [2.24, 2.45) is 0 Å². The Hall–Kier alpha value is -2.36. The number of nitrogens with zero attached hydrogens (tertiary/aromatic N) is 1. The first-order valence-corrected chi connectivity index (χ1v) is 9.52. The third kappa shape index (κ3) is 3.74. The number of esters is 1. The third-order valence-corrected chi connectivity index (χ3v) is 5.74. The maximum absolute atomic E-state index is 12.8. The summed E-state index contributed by atoms with van der Waals surface area (Å²) >= 11 is 0. The number of hydrogen-bond donors (Lipinski definition) is 0. The quantitative estimate of drug-likeness (QED) is 0.747. The molecule has 0 radical (unpaired) electrons. The Balaban J connectivity index is 1.76. The number of alkyl halides is 3. The van der Waals surface area contributed by atoms with Crippen molar-refractivity contribution in [2.45, 2.75) is 30.4 Å². The van der Waals surface area contributed by atoms with Gasteiger partial charge in [0.1, 0.15) is 6.10 Å². The van der Waals surface area contributed by atoms with Crippen LogP contribution in [0.5, 0.6) is 0 Å². The third-order valence-electron chi connectivity index (χ3n) is 4.14. The number of hydrogen-bond acceptors (Lipinski definition) is 6. The van der Waals surface area contributed by atoms with Crippen LogP contribution in [-0.4, -0.2) is 37.0 Å². The van der Waals surface area contributed by atoms with E-state index in [1.807, 2.05) is 0 Å². The van der Waals surface area contributed by atoms with Crippen LogP contribution in [0.15, 0.2) is 35.1 Å². The smallest absolute Gasteiger partial charge is 0.416 e. The summed E-state index contributed by atoms with van der Waals surface area (Å²) in [7, 11) is -3.19. The molecule has 1 aromatic heterocycles. The molecule has 6 nitrogen and oxygen atoms in total. The van der Waals surface area contributed by atoms with E-state index in [0.29, 0.717) is 0 Å². The van der Waals surface area contributed by atoms with Crippen LogP contribution in [-0.2, 0) is 20.8 Å². The lowest BCUT2D eigenvalue weighted by Gasteiger charge is -2.32. The number of sulfone groups is 1. The van der Waals surface area contributed by atoms with Crippen LogP contribution in [0.2, 0.25) is 0 Å². The fourth-order valence-corrected chi connectivity index (χ4v) is 3.73. The minimum Gasteiger partial charge on any atom is -0.457 e. The number of ether oxygens (including phenoxy) is 1. The van der Waals surface area contributed by atoms with E-state index >= 15 is 0 Å². The molecule has 0 N–H and O–H groups in total. The Kier molecular flexibility index (Phi) is 4.55. The summed E-state index contributed by atoms with van der Waals surface area (Å²) < 4.78 is 71.5. The first kappa shape index (κ1) is 18.4. The van der Waals surface area contributed by atoms with Gasteiger partial charge in [0.2, 0.25) is 0 Å². The summed E-state index contributed by atoms with van der Waals surface area (Å²) in [5, 5.41) is -0.555. The molecule has 0 bridgehead atoms. The van der Waals surface area contributed by atoms with Crippen LogP contribution in [0, 0.1) is 0 Å². The van der Waals surface area contributed by atoms with Crippen LogP contribution < -0.4 is 0 Å². The van der Waals surface area contributed by atoms with E-state index in [0.717, 1.165) is 24.8 Å². The van der Waals surface area contributed by atoms with Gasteiger partial charge in [-0.1, -0.05) is 12.1 Å². The van der Waals surface area contributed by atoms with Crippen molar-refractivity contribution in [3.63, 3.8) is 0 Å². The highest BCUT2D eigenvalue weighted by Gasteiger charge is 2.39. The molecule has 0 unspecified atom stereocenters. The van der Waals surface area contributed by atoms with Gasteiger partial charge in [-0.3, -0.25) is 0 Å². The van der Waals surface area contributed by atoms with Gasteiger partial charge in [-0.05, 0) is 12.1 Å². The van der Waals surface area contributed by atoms with Crippen molar-refractivity contribution < 1.29 is 35.5 Å². The van der Waals surface area contributed by atoms with E-state index in [1.165, 1.54) is 12.1 Å². The van der Waals surface area contributed by atoms with Crippen molar-refractivity contribution in [1.29, 1.82) is 0 Å². The molecule has 1 aromatic carbocycles. The predicted octanol–water partition coefficient (Wildman–Crippen LogP) is 3.09. The first-order valence-electron chi connectivity index (χ1n) is 7.56. The Bertz CT molecular complexity index is 929. The van der Waals surface area contributed by atoms with Gasteiger partial charge in [-0.25, -0.2) is 18.2 Å². The summed E-state index contributed by atoms with van der Waals surface area (Å²) in [5.74, 6) is -1.01. The highest BCUT2D eigenvalue weighted by molar-refractivity contribution is 7.91. The van der Waals surface area contributed by atoms with Crippen molar-refractivity contribution >= 4 is 15.8 Å². The molecule has 1 aliphatic rings. The van der Waals surface area contributed by atoms with Crippen LogP contribution >= 0.6 is 0 Å². The SMILES string of the molecule is CS(=O)(=O)C1CC(OC(=O)c2ncoc2-c2cccc(C(F)(F)F)c2)C1. The number of aromatic nitrogens is 1. The van der Waals surface area contributed by atoms with Gasteiger partial charge in [-0.2, -0.15) is 13.2 Å². The van der Waals surface area contributed by atoms with Gasteiger partial charge < -0.3 is 9.15 Å². The zero-order valence-electron chi connectivity index (χ0n) is 13.5. The second-order valence-corrected chi connectivity index (χ2v) is 8.38. The maximum Gasteiger partial charge on any atom is 0.416 e. The van der Waals surface area contributed by atoms with Gasteiger partial charge in [0.25, 0.3) is 0 Å². The van der Waals surface area contributed by atoms with E-state index < -0.39 is 38.9 Å². The molecule has 3 rings (SSSR count). The van der Waals surface area contributed by atoms with Gasteiger partial charge in [0.05, 0.1) is 10.8 Å². The minimum absolute atomic E-state index is 0.0342. The highest BCUT2D eigenvalue weighted by atomic mass is 32.2. The molecule has 1 aliphatic carbocycles. The molecule has 0 spiro atoms. The van der Waals surface area contributed by atoms with Crippen LogP contribution in [0.1, 0.15) is 28.9 Å². The van der Waals surface area contributed by atoms with Gasteiger partial charge >= 0.3 is 12.1 Å². The summed E-state index contributed by atoms with van der Waals surface area (Å²) in [5.41, 5.74) is -1.11. The normalized spacial score (nSPS) is 20.5. The zero-order chi connectivity index (χ0) is 19.1. The van der Waals surface area contributed by atoms with E-state index in [4.69, 9.17) is 9.15 Å². The van der Waals surface area contributed by atoms with Crippen LogP contribution in [0.25, 0.3) is 11.3 Å². The fourth-order valence-electron chi connectivity index (χ4n) is 2.60.